The van der Waals surface area contributed by atoms with Gasteiger partial charge in [-0.25, -0.2) is 4.98 Å². The van der Waals surface area contributed by atoms with E-state index in [1.807, 2.05) is 24.3 Å². The average molecular weight is 305 g/mol. The number of carbonyl (C=O) groups is 1. The predicted molar refractivity (Wildman–Crippen MR) is 79.3 cm³/mol. The number of nitrogens with zero attached hydrogens (tertiary/aromatic N) is 1. The molecule has 7 nitrogen and oxygen atoms in total. The molecule has 4 N–H and O–H groups in total. The summed E-state index contributed by atoms with van der Waals surface area (Å²) in [7, 11) is 1.57. The van der Waals surface area contributed by atoms with Crippen LogP contribution < -0.4 is 15.8 Å². The molecule has 0 aliphatic heterocycles. The van der Waals surface area contributed by atoms with E-state index >= 15 is 0 Å². The number of nitrogens with one attached hydrogen (secondary N) is 1. The molecule has 2 rings (SSSR count). The molecule has 0 saturated carbocycles. The average Bonchev–Trinajstić information content (AvgIpc) is 3.01. The lowest BCUT2D eigenvalue weighted by atomic mass is 10.2. The standard InChI is InChI=1S/C15H19N3O4/c1-9(19)13(16)15-18-11(8-22-15)14(20)17-7-10-5-3-4-6-12(10)21-2/h3-6,8-9,13,19H,7,16H2,1-2H3,(H,17,20). The fraction of sp³-hybridized carbons (Fsp3) is 0.333. The van der Waals surface area contributed by atoms with E-state index in [2.05, 4.69) is 10.3 Å². The van der Waals surface area contributed by atoms with Gasteiger partial charge in [-0.3, -0.25) is 4.79 Å². The van der Waals surface area contributed by atoms with Gasteiger partial charge in [0.25, 0.3) is 5.91 Å². The van der Waals surface area contributed by atoms with E-state index in [1.165, 1.54) is 13.2 Å². The molecule has 118 valence electrons. The highest BCUT2D eigenvalue weighted by Gasteiger charge is 2.20. The molecule has 1 amide bonds. The molecular formula is C15H19N3O4. The fourth-order valence-electron chi connectivity index (χ4n) is 1.87. The topological polar surface area (TPSA) is 111 Å². The number of ether oxygens (including phenoxy) is 1. The molecule has 1 heterocycles. The number of aliphatic hydroxyl groups excluding tert-OH is 1. The highest BCUT2D eigenvalue weighted by Crippen LogP contribution is 2.17. The number of rotatable bonds is 6. The first-order chi connectivity index (χ1) is 10.5. The van der Waals surface area contributed by atoms with Gasteiger partial charge in [0, 0.05) is 12.1 Å². The van der Waals surface area contributed by atoms with Gasteiger partial charge in [0.15, 0.2) is 5.69 Å². The molecule has 0 spiro atoms. The number of methoxy groups -OCH3 is 1. The lowest BCUT2D eigenvalue weighted by Crippen LogP contribution is -2.25. The number of nitrogens with two attached hydrogens (primary N) is 1. The van der Waals surface area contributed by atoms with Crippen LogP contribution in [0.25, 0.3) is 0 Å². The smallest absolute Gasteiger partial charge is 0.273 e. The van der Waals surface area contributed by atoms with Gasteiger partial charge in [0.05, 0.1) is 13.2 Å². The van der Waals surface area contributed by atoms with Crippen LogP contribution in [0.1, 0.15) is 34.9 Å². The summed E-state index contributed by atoms with van der Waals surface area (Å²) in [6.07, 6.45) is 0.401. The van der Waals surface area contributed by atoms with Gasteiger partial charge in [-0.05, 0) is 13.0 Å². The third-order valence-electron chi connectivity index (χ3n) is 3.19. The lowest BCUT2D eigenvalue weighted by Gasteiger charge is -2.09. The van der Waals surface area contributed by atoms with E-state index in [4.69, 9.17) is 14.9 Å². The molecule has 2 atom stereocenters. The summed E-state index contributed by atoms with van der Waals surface area (Å²) < 4.78 is 10.3. The first-order valence-electron chi connectivity index (χ1n) is 6.82. The molecule has 2 unspecified atom stereocenters. The summed E-state index contributed by atoms with van der Waals surface area (Å²) in [4.78, 5) is 16.0. The number of hydrogen-bond donors (Lipinski definition) is 3. The monoisotopic (exact) mass is 305 g/mol. The van der Waals surface area contributed by atoms with Gasteiger partial charge < -0.3 is 25.3 Å². The molecule has 0 fully saturated rings. The Morgan fingerprint density at radius 3 is 2.91 bits per heavy atom. The number of aromatic nitrogens is 1. The fourth-order valence-corrected chi connectivity index (χ4v) is 1.87. The van der Waals surface area contributed by atoms with Crippen LogP contribution in [0.3, 0.4) is 0 Å². The van der Waals surface area contributed by atoms with Crippen LogP contribution in [0.5, 0.6) is 5.75 Å². The van der Waals surface area contributed by atoms with Crippen molar-refractivity contribution in [1.29, 1.82) is 0 Å². The molecule has 0 aliphatic carbocycles. The Kier molecular flexibility index (Phi) is 5.13. The molecule has 0 saturated heterocycles. The number of carbonyl (C=O) groups excluding carboxylic acids is 1. The van der Waals surface area contributed by atoms with E-state index in [9.17, 15) is 9.90 Å². The van der Waals surface area contributed by atoms with E-state index < -0.39 is 18.1 Å². The summed E-state index contributed by atoms with van der Waals surface area (Å²) in [5.41, 5.74) is 6.66. The highest BCUT2D eigenvalue weighted by molar-refractivity contribution is 5.91. The van der Waals surface area contributed by atoms with Gasteiger partial charge in [-0.15, -0.1) is 0 Å². The van der Waals surface area contributed by atoms with Crippen molar-refractivity contribution in [2.24, 2.45) is 5.73 Å². The van der Waals surface area contributed by atoms with Crippen molar-refractivity contribution in [1.82, 2.24) is 10.3 Å². The minimum Gasteiger partial charge on any atom is -0.496 e. The molecule has 0 bridgehead atoms. The SMILES string of the molecule is COc1ccccc1CNC(=O)c1coc(C(N)C(C)O)n1. The van der Waals surface area contributed by atoms with Crippen molar-refractivity contribution in [2.45, 2.75) is 25.6 Å². The molecule has 0 aliphatic rings. The third kappa shape index (κ3) is 3.63. The largest absolute Gasteiger partial charge is 0.496 e. The Bertz CT molecular complexity index is 639. The van der Waals surface area contributed by atoms with Crippen molar-refractivity contribution in [2.75, 3.05) is 7.11 Å². The number of benzene rings is 1. The minimum absolute atomic E-state index is 0.112. The van der Waals surface area contributed by atoms with Crippen LogP contribution in [0.15, 0.2) is 34.9 Å². The van der Waals surface area contributed by atoms with Crippen LogP contribution in [0.2, 0.25) is 0 Å². The molecule has 7 heteroatoms. The second kappa shape index (κ2) is 7.06. The van der Waals surface area contributed by atoms with Crippen molar-refractivity contribution in [3.8, 4) is 5.75 Å². The Hall–Kier alpha value is -2.38. The number of amides is 1. The van der Waals surface area contributed by atoms with Crippen LogP contribution in [0, 0.1) is 0 Å². The summed E-state index contributed by atoms with van der Waals surface area (Å²) in [5, 5.41) is 12.1. The Morgan fingerprint density at radius 1 is 1.50 bits per heavy atom. The van der Waals surface area contributed by atoms with E-state index in [-0.39, 0.29) is 11.6 Å². The summed E-state index contributed by atoms with van der Waals surface area (Å²) in [5.74, 6) is 0.427. The van der Waals surface area contributed by atoms with E-state index in [0.717, 1.165) is 5.56 Å². The van der Waals surface area contributed by atoms with Gasteiger partial charge >= 0.3 is 0 Å². The Morgan fingerprint density at radius 2 is 2.23 bits per heavy atom. The second-order valence-corrected chi connectivity index (χ2v) is 4.83. The zero-order valence-corrected chi connectivity index (χ0v) is 12.4. The van der Waals surface area contributed by atoms with Crippen LogP contribution in [-0.2, 0) is 6.54 Å². The number of oxazole rings is 1. The number of aliphatic hydroxyl groups is 1. The third-order valence-corrected chi connectivity index (χ3v) is 3.19. The van der Waals surface area contributed by atoms with E-state index in [1.54, 1.807) is 7.11 Å². The minimum atomic E-state index is -0.817. The van der Waals surface area contributed by atoms with Crippen molar-refractivity contribution in [3.63, 3.8) is 0 Å². The highest BCUT2D eigenvalue weighted by atomic mass is 16.5. The van der Waals surface area contributed by atoms with Crippen LogP contribution in [0.4, 0.5) is 0 Å². The van der Waals surface area contributed by atoms with E-state index in [0.29, 0.717) is 12.3 Å². The van der Waals surface area contributed by atoms with Crippen LogP contribution >= 0.6 is 0 Å². The van der Waals surface area contributed by atoms with Gasteiger partial charge in [-0.1, -0.05) is 18.2 Å². The molecule has 0 radical (unpaired) electrons. The summed E-state index contributed by atoms with van der Waals surface area (Å²) >= 11 is 0. The Balaban J connectivity index is 2.01. The van der Waals surface area contributed by atoms with Gasteiger partial charge in [0.1, 0.15) is 18.1 Å². The summed E-state index contributed by atoms with van der Waals surface area (Å²) in [6, 6.07) is 6.62. The maximum absolute atomic E-state index is 12.0. The van der Waals surface area contributed by atoms with Gasteiger partial charge in [-0.2, -0.15) is 0 Å². The van der Waals surface area contributed by atoms with Crippen LogP contribution in [-0.4, -0.2) is 29.2 Å². The maximum atomic E-state index is 12.0. The van der Waals surface area contributed by atoms with Crippen molar-refractivity contribution >= 4 is 5.91 Å². The second-order valence-electron chi connectivity index (χ2n) is 4.83. The zero-order chi connectivity index (χ0) is 16.1. The lowest BCUT2D eigenvalue weighted by molar-refractivity contribution is 0.0945. The van der Waals surface area contributed by atoms with Crippen molar-refractivity contribution < 1.29 is 19.1 Å². The quantitative estimate of drug-likeness (QED) is 0.734. The maximum Gasteiger partial charge on any atom is 0.273 e. The molecular weight excluding hydrogens is 286 g/mol. The summed E-state index contributed by atoms with van der Waals surface area (Å²) in [6.45, 7) is 1.82. The van der Waals surface area contributed by atoms with Crippen molar-refractivity contribution in [3.05, 3.63) is 47.7 Å². The number of hydrogen-bond acceptors (Lipinski definition) is 6. The zero-order valence-electron chi connectivity index (χ0n) is 12.4. The number of para-hydroxylation sites is 1. The Labute approximate surface area is 128 Å². The molecule has 22 heavy (non-hydrogen) atoms. The predicted octanol–water partition coefficient (Wildman–Crippen LogP) is 0.994. The molecule has 1 aromatic heterocycles. The first kappa shape index (κ1) is 16.0. The van der Waals surface area contributed by atoms with Gasteiger partial charge in [0.2, 0.25) is 5.89 Å². The molecule has 1 aromatic carbocycles. The first-order valence-corrected chi connectivity index (χ1v) is 6.82. The molecule has 2 aromatic rings. The normalized spacial score (nSPS) is 13.5.